The Bertz CT molecular complexity index is 559. The molecule has 1 aromatic carbocycles. The number of hydrogen-bond donors (Lipinski definition) is 2. The van der Waals surface area contributed by atoms with Gasteiger partial charge in [0.1, 0.15) is 0 Å². The number of hydrogen-bond acceptors (Lipinski definition) is 3. The number of nitrogens with two attached hydrogens (primary N) is 1. The molecule has 0 fully saturated rings. The molecule has 2 aromatic rings. The average Bonchev–Trinajstić information content (AvgIpc) is 2.85. The van der Waals surface area contributed by atoms with E-state index in [0.29, 0.717) is 12.1 Å². The van der Waals surface area contributed by atoms with Crippen molar-refractivity contribution >= 4 is 0 Å². The number of benzene rings is 1. The van der Waals surface area contributed by atoms with Crippen LogP contribution in [0.3, 0.4) is 0 Å². The van der Waals surface area contributed by atoms with Crippen LogP contribution in [-0.4, -0.2) is 9.78 Å². The Morgan fingerprint density at radius 3 is 2.37 bits per heavy atom. The zero-order chi connectivity index (χ0) is 14.0. The number of aromatic nitrogens is 2. The summed E-state index contributed by atoms with van der Waals surface area (Å²) in [6.45, 7) is 2.56. The van der Waals surface area contributed by atoms with E-state index in [1.165, 1.54) is 6.20 Å². The molecule has 4 nitrogen and oxygen atoms in total. The summed E-state index contributed by atoms with van der Waals surface area (Å²) in [6, 6.07) is 1.16. The summed E-state index contributed by atoms with van der Waals surface area (Å²) in [5.41, 5.74) is 3.26. The summed E-state index contributed by atoms with van der Waals surface area (Å²) in [7, 11) is 0. The molecular formula is C12H13F3N4. The lowest BCUT2D eigenvalue weighted by Gasteiger charge is -2.15. The minimum Gasteiger partial charge on any atom is -0.273 e. The van der Waals surface area contributed by atoms with Crippen LogP contribution in [0.4, 0.5) is 13.2 Å². The molecule has 0 spiro atoms. The highest BCUT2D eigenvalue weighted by Gasteiger charge is 2.19. The highest BCUT2D eigenvalue weighted by atomic mass is 19.2. The first-order valence-electron chi connectivity index (χ1n) is 5.69. The van der Waals surface area contributed by atoms with Crippen molar-refractivity contribution in [2.45, 2.75) is 19.5 Å². The topological polar surface area (TPSA) is 55.9 Å². The normalized spacial score (nSPS) is 12.7. The summed E-state index contributed by atoms with van der Waals surface area (Å²) in [5, 5.41) is 4.05. The van der Waals surface area contributed by atoms with Gasteiger partial charge < -0.3 is 0 Å². The van der Waals surface area contributed by atoms with Crippen LogP contribution >= 0.6 is 0 Å². The van der Waals surface area contributed by atoms with Gasteiger partial charge in [0.25, 0.3) is 0 Å². The third-order valence-corrected chi connectivity index (χ3v) is 2.82. The molecule has 1 heterocycles. The lowest BCUT2D eigenvalue weighted by atomic mass is 10.0. The van der Waals surface area contributed by atoms with Crippen molar-refractivity contribution in [3.05, 3.63) is 53.1 Å². The Morgan fingerprint density at radius 1 is 1.26 bits per heavy atom. The van der Waals surface area contributed by atoms with E-state index in [1.54, 1.807) is 10.9 Å². The summed E-state index contributed by atoms with van der Waals surface area (Å²) in [4.78, 5) is 0. The van der Waals surface area contributed by atoms with Crippen LogP contribution in [0.5, 0.6) is 0 Å². The second-order valence-corrected chi connectivity index (χ2v) is 4.03. The molecule has 19 heavy (non-hydrogen) atoms. The van der Waals surface area contributed by atoms with Gasteiger partial charge in [-0.25, -0.2) is 18.6 Å². The van der Waals surface area contributed by atoms with Crippen molar-refractivity contribution in [3.63, 3.8) is 0 Å². The summed E-state index contributed by atoms with van der Waals surface area (Å²) in [5.74, 6) is 1.40. The van der Waals surface area contributed by atoms with Crippen LogP contribution in [0.2, 0.25) is 0 Å². The highest BCUT2D eigenvalue weighted by molar-refractivity contribution is 5.30. The maximum Gasteiger partial charge on any atom is 0.194 e. The Labute approximate surface area is 108 Å². The molecule has 102 valence electrons. The Hall–Kier alpha value is -1.86. The second-order valence-electron chi connectivity index (χ2n) is 4.03. The van der Waals surface area contributed by atoms with Crippen molar-refractivity contribution in [2.75, 3.05) is 0 Å². The maximum absolute atomic E-state index is 13.2. The van der Waals surface area contributed by atoms with Gasteiger partial charge in [-0.1, -0.05) is 0 Å². The molecule has 0 amide bonds. The van der Waals surface area contributed by atoms with Gasteiger partial charge in [0, 0.05) is 18.3 Å². The van der Waals surface area contributed by atoms with E-state index in [-0.39, 0.29) is 5.56 Å². The summed E-state index contributed by atoms with van der Waals surface area (Å²) >= 11 is 0. The largest absolute Gasteiger partial charge is 0.273 e. The van der Waals surface area contributed by atoms with E-state index in [9.17, 15) is 13.2 Å². The number of aryl methyl sites for hydroxylation is 1. The minimum absolute atomic E-state index is 0.189. The number of hydrazine groups is 1. The molecule has 0 radical (unpaired) electrons. The second kappa shape index (κ2) is 5.41. The van der Waals surface area contributed by atoms with Gasteiger partial charge in [-0.3, -0.25) is 10.5 Å². The molecule has 7 heteroatoms. The van der Waals surface area contributed by atoms with Gasteiger partial charge in [-0.05, 0) is 24.6 Å². The Kier molecular flexibility index (Phi) is 3.87. The van der Waals surface area contributed by atoms with Crippen LogP contribution in [0.1, 0.15) is 24.1 Å². The first kappa shape index (κ1) is 13.6. The molecule has 2 rings (SSSR count). The predicted molar refractivity (Wildman–Crippen MR) is 63.4 cm³/mol. The number of nitrogens with zero attached hydrogens (tertiary/aromatic N) is 2. The predicted octanol–water partition coefficient (Wildman–Crippen LogP) is 1.87. The molecule has 0 aliphatic carbocycles. The van der Waals surface area contributed by atoms with Crippen molar-refractivity contribution in [1.29, 1.82) is 0 Å². The monoisotopic (exact) mass is 270 g/mol. The summed E-state index contributed by atoms with van der Waals surface area (Å²) in [6.07, 6.45) is 3.23. The fraction of sp³-hybridized carbons (Fsp3) is 0.250. The van der Waals surface area contributed by atoms with E-state index in [1.807, 2.05) is 6.92 Å². The minimum atomic E-state index is -1.50. The lowest BCUT2D eigenvalue weighted by molar-refractivity contribution is 0.442. The Balaban J connectivity index is 2.42. The SMILES string of the molecule is CCn1cc(C(NN)c2cc(F)c(F)c(F)c2)cn1. The van der Waals surface area contributed by atoms with Gasteiger partial charge in [-0.15, -0.1) is 0 Å². The van der Waals surface area contributed by atoms with E-state index >= 15 is 0 Å². The van der Waals surface area contributed by atoms with Crippen molar-refractivity contribution in [3.8, 4) is 0 Å². The van der Waals surface area contributed by atoms with Crippen LogP contribution < -0.4 is 11.3 Å². The number of nitrogens with one attached hydrogen (secondary N) is 1. The molecule has 1 aromatic heterocycles. The number of halogens is 3. The number of rotatable bonds is 4. The van der Waals surface area contributed by atoms with Crippen LogP contribution in [0, 0.1) is 17.5 Å². The van der Waals surface area contributed by atoms with E-state index in [4.69, 9.17) is 5.84 Å². The zero-order valence-electron chi connectivity index (χ0n) is 10.2. The molecule has 0 aliphatic heterocycles. The quantitative estimate of drug-likeness (QED) is 0.506. The van der Waals surface area contributed by atoms with E-state index in [2.05, 4.69) is 10.5 Å². The van der Waals surface area contributed by atoms with Gasteiger partial charge in [0.05, 0.1) is 12.2 Å². The zero-order valence-corrected chi connectivity index (χ0v) is 10.2. The van der Waals surface area contributed by atoms with Crippen molar-refractivity contribution in [2.24, 2.45) is 5.84 Å². The average molecular weight is 270 g/mol. The van der Waals surface area contributed by atoms with Crippen LogP contribution in [0.15, 0.2) is 24.5 Å². The molecular weight excluding hydrogens is 257 g/mol. The molecule has 0 bridgehead atoms. The smallest absolute Gasteiger partial charge is 0.194 e. The Morgan fingerprint density at radius 2 is 1.89 bits per heavy atom. The van der Waals surface area contributed by atoms with Crippen molar-refractivity contribution < 1.29 is 13.2 Å². The fourth-order valence-corrected chi connectivity index (χ4v) is 1.83. The third kappa shape index (κ3) is 2.61. The molecule has 3 N–H and O–H groups in total. The first-order chi connectivity index (χ1) is 9.06. The first-order valence-corrected chi connectivity index (χ1v) is 5.69. The lowest BCUT2D eigenvalue weighted by Crippen LogP contribution is -2.29. The molecule has 0 aliphatic rings. The van der Waals surface area contributed by atoms with Crippen LogP contribution in [0.25, 0.3) is 0 Å². The molecule has 0 saturated carbocycles. The molecule has 1 unspecified atom stereocenters. The van der Waals surface area contributed by atoms with E-state index in [0.717, 1.165) is 12.1 Å². The standard InChI is InChI=1S/C12H13F3N4/c1-2-19-6-8(5-17-19)12(18-16)7-3-9(13)11(15)10(14)4-7/h3-6,12,18H,2,16H2,1H3. The highest BCUT2D eigenvalue weighted by Crippen LogP contribution is 2.24. The maximum atomic E-state index is 13.2. The van der Waals surface area contributed by atoms with Gasteiger partial charge in [0.15, 0.2) is 17.5 Å². The third-order valence-electron chi connectivity index (χ3n) is 2.82. The molecule has 1 atom stereocenters. The fourth-order valence-electron chi connectivity index (χ4n) is 1.83. The van der Waals surface area contributed by atoms with Crippen molar-refractivity contribution in [1.82, 2.24) is 15.2 Å². The van der Waals surface area contributed by atoms with Gasteiger partial charge in [0.2, 0.25) is 0 Å². The van der Waals surface area contributed by atoms with E-state index < -0.39 is 23.5 Å². The van der Waals surface area contributed by atoms with Gasteiger partial charge in [-0.2, -0.15) is 5.10 Å². The van der Waals surface area contributed by atoms with Crippen LogP contribution in [-0.2, 0) is 6.54 Å². The van der Waals surface area contributed by atoms with Gasteiger partial charge >= 0.3 is 0 Å². The molecule has 0 saturated heterocycles. The summed E-state index contributed by atoms with van der Waals surface area (Å²) < 4.78 is 41.0.